The Kier molecular flexibility index (Phi) is 6.50. The van der Waals surface area contributed by atoms with Gasteiger partial charge >= 0.3 is 0 Å². The number of nitrogens with zero attached hydrogens (tertiary/aromatic N) is 1. The van der Waals surface area contributed by atoms with Crippen LogP contribution in [0.1, 0.15) is 0 Å². The van der Waals surface area contributed by atoms with Crippen molar-refractivity contribution in [1.29, 1.82) is 0 Å². The molecule has 7 nitrogen and oxygen atoms in total. The van der Waals surface area contributed by atoms with Crippen LogP contribution >= 0.6 is 11.6 Å². The van der Waals surface area contributed by atoms with Gasteiger partial charge in [-0.05, 0) is 36.4 Å². The molecule has 0 saturated carbocycles. The maximum absolute atomic E-state index is 13.0. The molecular weight excluding hydrogens is 411 g/mol. The molecule has 0 bridgehead atoms. The first-order valence-electron chi connectivity index (χ1n) is 8.42. The van der Waals surface area contributed by atoms with Crippen LogP contribution in [0.2, 0.25) is 5.02 Å². The molecule has 0 spiro atoms. The van der Waals surface area contributed by atoms with Crippen molar-refractivity contribution in [3.8, 4) is 5.75 Å². The van der Waals surface area contributed by atoms with E-state index in [0.717, 1.165) is 6.07 Å². The van der Waals surface area contributed by atoms with E-state index in [9.17, 15) is 17.6 Å². The minimum atomic E-state index is -3.67. The molecule has 0 unspecified atom stereocenters. The van der Waals surface area contributed by atoms with Crippen LogP contribution in [0.25, 0.3) is 0 Å². The third-order valence-electron chi connectivity index (χ3n) is 3.98. The van der Waals surface area contributed by atoms with E-state index in [4.69, 9.17) is 21.1 Å². The first kappa shape index (κ1) is 20.5. The number of carbonyl (C=O) groups excluding carboxylic acids is 1. The smallest absolute Gasteiger partial charge is 0.262 e. The molecule has 1 aliphatic heterocycles. The molecule has 2 aromatic carbocycles. The van der Waals surface area contributed by atoms with Crippen molar-refractivity contribution >= 4 is 33.2 Å². The number of ether oxygens (including phenoxy) is 2. The van der Waals surface area contributed by atoms with Gasteiger partial charge in [0.15, 0.2) is 6.61 Å². The monoisotopic (exact) mass is 428 g/mol. The third-order valence-corrected chi connectivity index (χ3v) is 6.17. The molecule has 1 amide bonds. The van der Waals surface area contributed by atoms with Gasteiger partial charge in [0, 0.05) is 18.8 Å². The van der Waals surface area contributed by atoms with Gasteiger partial charge in [-0.3, -0.25) is 4.79 Å². The molecule has 1 saturated heterocycles. The van der Waals surface area contributed by atoms with Crippen molar-refractivity contribution in [3.05, 3.63) is 53.3 Å². The van der Waals surface area contributed by atoms with E-state index in [1.54, 1.807) is 12.1 Å². The lowest BCUT2D eigenvalue weighted by Crippen LogP contribution is -2.40. The number of hydrogen-bond donors (Lipinski definition) is 1. The van der Waals surface area contributed by atoms with Crippen molar-refractivity contribution < 1.29 is 27.1 Å². The van der Waals surface area contributed by atoms with Crippen molar-refractivity contribution in [2.45, 2.75) is 4.90 Å². The molecule has 1 fully saturated rings. The second-order valence-corrected chi connectivity index (χ2v) is 8.30. The van der Waals surface area contributed by atoms with Crippen molar-refractivity contribution in [1.82, 2.24) is 4.31 Å². The van der Waals surface area contributed by atoms with Crippen LogP contribution in [0.4, 0.5) is 10.1 Å². The van der Waals surface area contributed by atoms with Gasteiger partial charge in [0.05, 0.1) is 23.1 Å². The minimum Gasteiger partial charge on any atom is -0.482 e. The van der Waals surface area contributed by atoms with Gasteiger partial charge in [0.1, 0.15) is 11.6 Å². The zero-order valence-corrected chi connectivity index (χ0v) is 16.3. The third kappa shape index (κ3) is 4.99. The first-order valence-corrected chi connectivity index (χ1v) is 10.2. The number of benzene rings is 2. The Morgan fingerprint density at radius 1 is 1.21 bits per heavy atom. The van der Waals surface area contributed by atoms with Crippen LogP contribution in [0.3, 0.4) is 0 Å². The molecule has 3 rings (SSSR count). The fourth-order valence-corrected chi connectivity index (χ4v) is 4.28. The Bertz CT molecular complexity index is 964. The fourth-order valence-electron chi connectivity index (χ4n) is 2.60. The van der Waals surface area contributed by atoms with E-state index in [-0.39, 0.29) is 35.4 Å². The van der Waals surface area contributed by atoms with Gasteiger partial charge in [-0.25, -0.2) is 12.8 Å². The first-order chi connectivity index (χ1) is 13.4. The van der Waals surface area contributed by atoms with Crippen molar-refractivity contribution in [2.75, 3.05) is 38.2 Å². The second kappa shape index (κ2) is 8.87. The Balaban J connectivity index is 1.64. The molecule has 0 aliphatic carbocycles. The highest BCUT2D eigenvalue weighted by Gasteiger charge is 2.26. The summed E-state index contributed by atoms with van der Waals surface area (Å²) in [7, 11) is -3.67. The van der Waals surface area contributed by atoms with Crippen LogP contribution < -0.4 is 10.1 Å². The molecule has 0 aromatic heterocycles. The number of amides is 1. The van der Waals surface area contributed by atoms with E-state index in [1.165, 1.54) is 28.6 Å². The molecule has 1 N–H and O–H groups in total. The van der Waals surface area contributed by atoms with Gasteiger partial charge in [0.2, 0.25) is 10.0 Å². The van der Waals surface area contributed by atoms with Crippen molar-refractivity contribution in [2.24, 2.45) is 0 Å². The summed E-state index contributed by atoms with van der Waals surface area (Å²) in [4.78, 5) is 12.2. The summed E-state index contributed by atoms with van der Waals surface area (Å²) in [6.45, 7) is 0.889. The molecule has 0 atom stereocenters. The predicted octanol–water partition coefficient (Wildman–Crippen LogP) is 2.52. The van der Waals surface area contributed by atoms with Crippen LogP contribution in [0.15, 0.2) is 47.4 Å². The number of hydrogen-bond acceptors (Lipinski definition) is 5. The predicted molar refractivity (Wildman–Crippen MR) is 102 cm³/mol. The average molecular weight is 429 g/mol. The zero-order chi connectivity index (χ0) is 20.1. The lowest BCUT2D eigenvalue weighted by Gasteiger charge is -2.26. The normalized spacial score (nSPS) is 15.2. The molecule has 10 heteroatoms. The number of rotatable bonds is 6. The second-order valence-electron chi connectivity index (χ2n) is 5.96. The molecule has 1 heterocycles. The highest BCUT2D eigenvalue weighted by molar-refractivity contribution is 7.89. The molecule has 28 heavy (non-hydrogen) atoms. The summed E-state index contributed by atoms with van der Waals surface area (Å²) in [5.74, 6) is -0.858. The minimum absolute atomic E-state index is 0.0476. The number of morpholine rings is 1. The SMILES string of the molecule is O=C(COc1ccc(F)cc1Cl)Nc1cccc(S(=O)(=O)N2CCOCC2)c1. The van der Waals surface area contributed by atoms with Crippen molar-refractivity contribution in [3.63, 3.8) is 0 Å². The average Bonchev–Trinajstić information content (AvgIpc) is 2.68. The van der Waals surface area contributed by atoms with Gasteiger partial charge in [-0.1, -0.05) is 17.7 Å². The summed E-state index contributed by atoms with van der Waals surface area (Å²) in [6.07, 6.45) is 0. The van der Waals surface area contributed by atoms with Crippen LogP contribution in [-0.2, 0) is 19.6 Å². The number of anilines is 1. The van der Waals surface area contributed by atoms with Crippen LogP contribution in [0, 0.1) is 5.82 Å². The van der Waals surface area contributed by atoms with E-state index in [0.29, 0.717) is 18.9 Å². The lowest BCUT2D eigenvalue weighted by molar-refractivity contribution is -0.118. The molecule has 2 aromatic rings. The van der Waals surface area contributed by atoms with Gasteiger partial charge < -0.3 is 14.8 Å². The summed E-state index contributed by atoms with van der Waals surface area (Å²) in [6, 6.07) is 9.53. The van der Waals surface area contributed by atoms with E-state index < -0.39 is 21.7 Å². The Morgan fingerprint density at radius 3 is 2.68 bits per heavy atom. The highest BCUT2D eigenvalue weighted by atomic mass is 35.5. The highest BCUT2D eigenvalue weighted by Crippen LogP contribution is 2.25. The van der Waals surface area contributed by atoms with Crippen LogP contribution in [-0.4, -0.2) is 51.5 Å². The summed E-state index contributed by atoms with van der Waals surface area (Å²) in [5.41, 5.74) is 0.313. The Labute approximate surface area is 167 Å². The number of sulfonamides is 1. The lowest BCUT2D eigenvalue weighted by atomic mass is 10.3. The maximum Gasteiger partial charge on any atom is 0.262 e. The molecule has 0 radical (unpaired) electrons. The van der Waals surface area contributed by atoms with E-state index in [2.05, 4.69) is 5.32 Å². The standard InChI is InChI=1S/C18H18ClFN2O5S/c19-16-10-13(20)4-5-17(16)27-12-18(23)21-14-2-1-3-15(11-14)28(24,25)22-6-8-26-9-7-22/h1-5,10-11H,6-9,12H2,(H,21,23). The summed E-state index contributed by atoms with van der Waals surface area (Å²) >= 11 is 5.84. The summed E-state index contributed by atoms with van der Waals surface area (Å²) in [5, 5.41) is 2.62. The topological polar surface area (TPSA) is 84.9 Å². The largest absolute Gasteiger partial charge is 0.482 e. The van der Waals surface area contributed by atoms with Gasteiger partial charge in [0.25, 0.3) is 5.91 Å². The number of carbonyl (C=O) groups is 1. The molecule has 150 valence electrons. The molecular formula is C18H18ClFN2O5S. The maximum atomic E-state index is 13.0. The van der Waals surface area contributed by atoms with E-state index in [1.807, 2.05) is 0 Å². The quantitative estimate of drug-likeness (QED) is 0.764. The Hall–Kier alpha value is -2.20. The molecule has 1 aliphatic rings. The van der Waals surface area contributed by atoms with E-state index >= 15 is 0 Å². The number of halogens is 2. The zero-order valence-electron chi connectivity index (χ0n) is 14.7. The summed E-state index contributed by atoms with van der Waals surface area (Å²) < 4.78 is 50.2. The van der Waals surface area contributed by atoms with Gasteiger partial charge in [-0.15, -0.1) is 0 Å². The van der Waals surface area contributed by atoms with Gasteiger partial charge in [-0.2, -0.15) is 4.31 Å². The Morgan fingerprint density at radius 2 is 1.96 bits per heavy atom. The fraction of sp³-hybridized carbons (Fsp3) is 0.278. The van der Waals surface area contributed by atoms with Crippen LogP contribution in [0.5, 0.6) is 5.75 Å². The number of nitrogens with one attached hydrogen (secondary N) is 1.